The van der Waals surface area contributed by atoms with E-state index in [1.165, 1.54) is 0 Å². The number of fused-ring (bicyclic) bond motifs is 1. The summed E-state index contributed by atoms with van der Waals surface area (Å²) in [5.74, 6) is 1.21. The largest absolute Gasteiger partial charge is 0.439 e. The fourth-order valence-corrected chi connectivity index (χ4v) is 2.61. The van der Waals surface area contributed by atoms with E-state index in [4.69, 9.17) is 22.1 Å². The summed E-state index contributed by atoms with van der Waals surface area (Å²) in [6.07, 6.45) is 1.55. The molecular formula is C16H12BrClN2O. The van der Waals surface area contributed by atoms with E-state index < -0.39 is 0 Å². The molecule has 0 aliphatic rings. The number of nitrogens with two attached hydrogens (primary N) is 1. The molecule has 0 spiro atoms. The average molecular weight is 364 g/mol. The molecule has 0 saturated heterocycles. The molecule has 3 nitrogen and oxygen atoms in total. The van der Waals surface area contributed by atoms with Crippen LogP contribution in [0.4, 0.5) is 0 Å². The van der Waals surface area contributed by atoms with Gasteiger partial charge in [-0.15, -0.1) is 0 Å². The molecule has 21 heavy (non-hydrogen) atoms. The molecule has 1 aromatic heterocycles. The zero-order valence-electron chi connectivity index (χ0n) is 11.0. The molecule has 2 N–H and O–H groups in total. The molecule has 3 aromatic rings. The topological polar surface area (TPSA) is 48.1 Å². The summed E-state index contributed by atoms with van der Waals surface area (Å²) >= 11 is 9.45. The third kappa shape index (κ3) is 3.18. The third-order valence-electron chi connectivity index (χ3n) is 3.13. The Labute approximate surface area is 135 Å². The van der Waals surface area contributed by atoms with Gasteiger partial charge >= 0.3 is 0 Å². The van der Waals surface area contributed by atoms with Gasteiger partial charge in [-0.2, -0.15) is 0 Å². The van der Waals surface area contributed by atoms with Crippen molar-refractivity contribution in [3.05, 3.63) is 63.7 Å². The minimum Gasteiger partial charge on any atom is -0.439 e. The van der Waals surface area contributed by atoms with Crippen LogP contribution in [0.1, 0.15) is 5.56 Å². The SMILES string of the molecule is NCc1cc(Oc2ccc3cc(Br)ccc3c2)ncc1Cl. The lowest BCUT2D eigenvalue weighted by Gasteiger charge is -2.08. The molecule has 0 atom stereocenters. The number of hydrogen-bond donors (Lipinski definition) is 1. The van der Waals surface area contributed by atoms with Gasteiger partial charge in [0.05, 0.1) is 5.02 Å². The first-order valence-electron chi connectivity index (χ1n) is 6.37. The van der Waals surface area contributed by atoms with Crippen LogP contribution in [0.15, 0.2) is 53.1 Å². The van der Waals surface area contributed by atoms with Crippen molar-refractivity contribution in [3.63, 3.8) is 0 Å². The number of rotatable bonds is 3. The van der Waals surface area contributed by atoms with Crippen LogP contribution in [-0.4, -0.2) is 4.98 Å². The van der Waals surface area contributed by atoms with Crippen molar-refractivity contribution < 1.29 is 4.74 Å². The molecule has 0 radical (unpaired) electrons. The first kappa shape index (κ1) is 14.3. The first-order chi connectivity index (χ1) is 10.2. The molecule has 5 heteroatoms. The predicted molar refractivity (Wildman–Crippen MR) is 88.9 cm³/mol. The van der Waals surface area contributed by atoms with Crippen molar-refractivity contribution >= 4 is 38.3 Å². The van der Waals surface area contributed by atoms with Gasteiger partial charge in [-0.05, 0) is 40.6 Å². The standard InChI is InChI=1S/C16H12BrClN2O/c17-13-3-1-11-6-14(4-2-10(11)5-13)21-16-7-12(8-19)15(18)9-20-16/h1-7,9H,8,19H2. The maximum Gasteiger partial charge on any atom is 0.219 e. The van der Waals surface area contributed by atoms with Crippen molar-refractivity contribution in [1.29, 1.82) is 0 Å². The third-order valence-corrected chi connectivity index (χ3v) is 3.96. The van der Waals surface area contributed by atoms with Crippen LogP contribution in [0.25, 0.3) is 10.8 Å². The van der Waals surface area contributed by atoms with Crippen molar-refractivity contribution in [3.8, 4) is 11.6 Å². The Balaban J connectivity index is 1.92. The van der Waals surface area contributed by atoms with E-state index in [1.807, 2.05) is 30.3 Å². The van der Waals surface area contributed by atoms with Crippen molar-refractivity contribution in [2.45, 2.75) is 6.54 Å². The molecule has 0 unspecified atom stereocenters. The number of nitrogens with zero attached hydrogens (tertiary/aromatic N) is 1. The highest BCUT2D eigenvalue weighted by atomic mass is 79.9. The minimum absolute atomic E-state index is 0.351. The number of pyridine rings is 1. The Morgan fingerprint density at radius 2 is 1.86 bits per heavy atom. The summed E-state index contributed by atoms with van der Waals surface area (Å²) in [6, 6.07) is 13.7. The van der Waals surface area contributed by atoms with Crippen molar-refractivity contribution in [1.82, 2.24) is 4.98 Å². The maximum atomic E-state index is 5.99. The Morgan fingerprint density at radius 1 is 1.10 bits per heavy atom. The lowest BCUT2D eigenvalue weighted by molar-refractivity contribution is 0.463. The Kier molecular flexibility index (Phi) is 4.10. The Morgan fingerprint density at radius 3 is 2.67 bits per heavy atom. The van der Waals surface area contributed by atoms with Gasteiger partial charge in [0.25, 0.3) is 0 Å². The number of halogens is 2. The molecule has 0 aliphatic heterocycles. The van der Waals surface area contributed by atoms with Crippen LogP contribution in [0, 0.1) is 0 Å². The number of ether oxygens (including phenoxy) is 1. The Hall–Kier alpha value is -1.62. The van der Waals surface area contributed by atoms with Gasteiger partial charge < -0.3 is 10.5 Å². The molecule has 3 rings (SSSR count). The monoisotopic (exact) mass is 362 g/mol. The van der Waals surface area contributed by atoms with E-state index in [0.29, 0.717) is 17.4 Å². The van der Waals surface area contributed by atoms with Gasteiger partial charge in [-0.1, -0.05) is 39.7 Å². The van der Waals surface area contributed by atoms with Crippen LogP contribution in [0.3, 0.4) is 0 Å². The van der Waals surface area contributed by atoms with Gasteiger partial charge in [-0.3, -0.25) is 0 Å². The van der Waals surface area contributed by atoms with Gasteiger partial charge in [0.15, 0.2) is 0 Å². The van der Waals surface area contributed by atoms with Crippen LogP contribution >= 0.6 is 27.5 Å². The van der Waals surface area contributed by atoms with Crippen LogP contribution < -0.4 is 10.5 Å². The van der Waals surface area contributed by atoms with Crippen molar-refractivity contribution in [2.75, 3.05) is 0 Å². The van der Waals surface area contributed by atoms with Gasteiger partial charge in [-0.25, -0.2) is 4.98 Å². The smallest absolute Gasteiger partial charge is 0.219 e. The van der Waals surface area contributed by atoms with Crippen LogP contribution in [-0.2, 0) is 6.54 Å². The van der Waals surface area contributed by atoms with E-state index in [2.05, 4.69) is 27.0 Å². The van der Waals surface area contributed by atoms with E-state index in [0.717, 1.165) is 26.6 Å². The molecule has 106 valence electrons. The highest BCUT2D eigenvalue weighted by Gasteiger charge is 2.05. The van der Waals surface area contributed by atoms with E-state index in [1.54, 1.807) is 12.3 Å². The molecule has 1 heterocycles. The van der Waals surface area contributed by atoms with E-state index in [9.17, 15) is 0 Å². The fourth-order valence-electron chi connectivity index (χ4n) is 2.05. The summed E-state index contributed by atoms with van der Waals surface area (Å²) in [7, 11) is 0. The fraction of sp³-hybridized carbons (Fsp3) is 0.0625. The highest BCUT2D eigenvalue weighted by Crippen LogP contribution is 2.28. The first-order valence-corrected chi connectivity index (χ1v) is 7.54. The zero-order chi connectivity index (χ0) is 14.8. The molecule has 0 aliphatic carbocycles. The molecule has 0 fully saturated rings. The number of aromatic nitrogens is 1. The normalized spacial score (nSPS) is 10.8. The second-order valence-corrected chi connectivity index (χ2v) is 5.90. The highest BCUT2D eigenvalue weighted by molar-refractivity contribution is 9.10. The number of benzene rings is 2. The summed E-state index contributed by atoms with van der Waals surface area (Å²) in [5.41, 5.74) is 6.44. The lowest BCUT2D eigenvalue weighted by atomic mass is 10.1. The summed E-state index contributed by atoms with van der Waals surface area (Å²) in [4.78, 5) is 4.16. The molecule has 0 amide bonds. The second-order valence-electron chi connectivity index (χ2n) is 4.57. The average Bonchev–Trinajstić information content (AvgIpc) is 2.49. The minimum atomic E-state index is 0.351. The van der Waals surface area contributed by atoms with E-state index >= 15 is 0 Å². The zero-order valence-corrected chi connectivity index (χ0v) is 13.4. The second kappa shape index (κ2) is 6.02. The predicted octanol–water partition coefficient (Wildman–Crippen LogP) is 4.90. The van der Waals surface area contributed by atoms with Crippen LogP contribution in [0.5, 0.6) is 11.6 Å². The maximum absolute atomic E-state index is 5.99. The van der Waals surface area contributed by atoms with Gasteiger partial charge in [0.2, 0.25) is 5.88 Å². The quantitative estimate of drug-likeness (QED) is 0.720. The summed E-state index contributed by atoms with van der Waals surface area (Å²) < 4.78 is 6.83. The molecule has 0 saturated carbocycles. The summed E-state index contributed by atoms with van der Waals surface area (Å²) in [5, 5.41) is 2.79. The lowest BCUT2D eigenvalue weighted by Crippen LogP contribution is -1.99. The molecular weight excluding hydrogens is 352 g/mol. The van der Waals surface area contributed by atoms with Gasteiger partial charge in [0, 0.05) is 23.3 Å². The molecule has 2 aromatic carbocycles. The van der Waals surface area contributed by atoms with Crippen LogP contribution in [0.2, 0.25) is 5.02 Å². The van der Waals surface area contributed by atoms with E-state index in [-0.39, 0.29) is 0 Å². The Bertz CT molecular complexity index is 807. The van der Waals surface area contributed by atoms with Crippen molar-refractivity contribution in [2.24, 2.45) is 5.73 Å². The van der Waals surface area contributed by atoms with Gasteiger partial charge in [0.1, 0.15) is 5.75 Å². The molecule has 0 bridgehead atoms. The summed E-state index contributed by atoms with van der Waals surface area (Å²) in [6.45, 7) is 0.351. The number of hydrogen-bond acceptors (Lipinski definition) is 3.